The maximum Gasteiger partial charge on any atom is 0.433 e. The summed E-state index contributed by atoms with van der Waals surface area (Å²) in [6, 6.07) is 6.75. The molecule has 1 aromatic carbocycles. The molecule has 128 valence electrons. The molecule has 3 rings (SSSR count). The zero-order valence-electron chi connectivity index (χ0n) is 13.3. The van der Waals surface area contributed by atoms with E-state index in [1.165, 1.54) is 0 Å². The molecule has 7 heteroatoms. The zero-order valence-corrected chi connectivity index (χ0v) is 13.3. The smallest absolute Gasteiger partial charge is 0.433 e. The first kappa shape index (κ1) is 16.5. The lowest BCUT2D eigenvalue weighted by molar-refractivity contribution is -0.141. The van der Waals surface area contributed by atoms with Crippen LogP contribution in [-0.4, -0.2) is 23.1 Å². The number of aromatic nitrogens is 2. The van der Waals surface area contributed by atoms with Crippen molar-refractivity contribution in [1.82, 2.24) is 9.97 Å². The highest BCUT2D eigenvalue weighted by Crippen LogP contribution is 2.30. The fraction of sp³-hybridized carbons (Fsp3) is 0.412. The lowest BCUT2D eigenvalue weighted by Crippen LogP contribution is -2.32. The minimum Gasteiger partial charge on any atom is -0.494 e. The van der Waals surface area contributed by atoms with E-state index in [4.69, 9.17) is 4.74 Å². The van der Waals surface area contributed by atoms with Crippen LogP contribution < -0.4 is 9.64 Å². The second-order valence-corrected chi connectivity index (χ2v) is 5.69. The Labute approximate surface area is 138 Å². The molecular weight excluding hydrogens is 319 g/mol. The molecule has 1 aromatic heterocycles. The van der Waals surface area contributed by atoms with Crippen molar-refractivity contribution >= 4 is 5.95 Å². The summed E-state index contributed by atoms with van der Waals surface area (Å²) < 4.78 is 44.0. The van der Waals surface area contributed by atoms with E-state index in [1.54, 1.807) is 4.90 Å². The SMILES string of the molecule is CCCOc1ccc2c(c1)CCN(c1nccc(C(F)(F)F)n1)C2. The average molecular weight is 337 g/mol. The monoisotopic (exact) mass is 337 g/mol. The Balaban J connectivity index is 1.78. The molecule has 0 aliphatic carbocycles. The molecule has 1 aliphatic heterocycles. The molecule has 0 radical (unpaired) electrons. The molecule has 1 aliphatic rings. The normalized spacial score (nSPS) is 14.4. The number of hydrogen-bond donors (Lipinski definition) is 0. The summed E-state index contributed by atoms with van der Waals surface area (Å²) in [7, 11) is 0. The van der Waals surface area contributed by atoms with Gasteiger partial charge in [-0.1, -0.05) is 13.0 Å². The van der Waals surface area contributed by atoms with E-state index in [0.29, 0.717) is 19.7 Å². The third-order valence-electron chi connectivity index (χ3n) is 3.88. The maximum absolute atomic E-state index is 12.8. The number of anilines is 1. The molecular formula is C17H18F3N3O. The van der Waals surface area contributed by atoms with Crippen molar-refractivity contribution in [2.24, 2.45) is 0 Å². The molecule has 0 atom stereocenters. The molecule has 0 spiro atoms. The van der Waals surface area contributed by atoms with E-state index in [-0.39, 0.29) is 5.95 Å². The number of nitrogens with zero attached hydrogens (tertiary/aromatic N) is 3. The van der Waals surface area contributed by atoms with Crippen LogP contribution in [0.15, 0.2) is 30.5 Å². The van der Waals surface area contributed by atoms with Crippen LogP contribution in [0.5, 0.6) is 5.75 Å². The maximum atomic E-state index is 12.8. The van der Waals surface area contributed by atoms with Crippen molar-refractivity contribution in [2.75, 3.05) is 18.1 Å². The van der Waals surface area contributed by atoms with Crippen LogP contribution >= 0.6 is 0 Å². The second-order valence-electron chi connectivity index (χ2n) is 5.69. The van der Waals surface area contributed by atoms with Crippen molar-refractivity contribution < 1.29 is 17.9 Å². The standard InChI is InChI=1S/C17H18F3N3O/c1-2-9-24-14-4-3-13-11-23(8-6-12(13)10-14)16-21-7-5-15(22-16)17(18,19)20/h3-5,7,10H,2,6,8-9,11H2,1H3. The number of ether oxygens (including phenoxy) is 1. The summed E-state index contributed by atoms with van der Waals surface area (Å²) in [5.41, 5.74) is 1.31. The summed E-state index contributed by atoms with van der Waals surface area (Å²) in [6.45, 7) is 3.78. The van der Waals surface area contributed by atoms with Gasteiger partial charge in [0, 0.05) is 19.3 Å². The molecule has 0 bridgehead atoms. The van der Waals surface area contributed by atoms with Gasteiger partial charge in [0.05, 0.1) is 6.61 Å². The van der Waals surface area contributed by atoms with Crippen LogP contribution in [0.25, 0.3) is 0 Å². The Morgan fingerprint density at radius 3 is 2.79 bits per heavy atom. The topological polar surface area (TPSA) is 38.2 Å². The van der Waals surface area contributed by atoms with Gasteiger partial charge in [0.15, 0.2) is 0 Å². The van der Waals surface area contributed by atoms with Gasteiger partial charge in [0.1, 0.15) is 11.4 Å². The van der Waals surface area contributed by atoms with Gasteiger partial charge in [-0.15, -0.1) is 0 Å². The lowest BCUT2D eigenvalue weighted by atomic mass is 10.00. The summed E-state index contributed by atoms with van der Waals surface area (Å²) in [5.74, 6) is 0.946. The van der Waals surface area contributed by atoms with Crippen molar-refractivity contribution in [3.05, 3.63) is 47.3 Å². The molecule has 0 saturated carbocycles. The average Bonchev–Trinajstić information content (AvgIpc) is 2.58. The summed E-state index contributed by atoms with van der Waals surface area (Å²) >= 11 is 0. The van der Waals surface area contributed by atoms with E-state index in [2.05, 4.69) is 9.97 Å². The van der Waals surface area contributed by atoms with Gasteiger partial charge >= 0.3 is 6.18 Å². The van der Waals surface area contributed by atoms with Crippen molar-refractivity contribution in [1.29, 1.82) is 0 Å². The Morgan fingerprint density at radius 2 is 2.04 bits per heavy atom. The number of rotatable bonds is 4. The molecule has 24 heavy (non-hydrogen) atoms. The lowest BCUT2D eigenvalue weighted by Gasteiger charge is -2.29. The van der Waals surface area contributed by atoms with E-state index in [9.17, 15) is 13.2 Å². The van der Waals surface area contributed by atoms with Gasteiger partial charge in [-0.05, 0) is 42.2 Å². The van der Waals surface area contributed by atoms with Gasteiger partial charge < -0.3 is 9.64 Å². The van der Waals surface area contributed by atoms with E-state index >= 15 is 0 Å². The molecule has 0 fully saturated rings. The minimum absolute atomic E-state index is 0.113. The van der Waals surface area contributed by atoms with Crippen molar-refractivity contribution in [3.63, 3.8) is 0 Å². The van der Waals surface area contributed by atoms with Gasteiger partial charge in [-0.2, -0.15) is 13.2 Å². The van der Waals surface area contributed by atoms with Gasteiger partial charge in [-0.25, -0.2) is 9.97 Å². The summed E-state index contributed by atoms with van der Waals surface area (Å²) in [5, 5.41) is 0. The Kier molecular flexibility index (Phi) is 4.59. The van der Waals surface area contributed by atoms with E-state index in [1.807, 2.05) is 25.1 Å². The predicted octanol–water partition coefficient (Wildman–Crippen LogP) is 3.85. The molecule has 0 amide bonds. The second kappa shape index (κ2) is 6.67. The van der Waals surface area contributed by atoms with Gasteiger partial charge in [0.25, 0.3) is 0 Å². The quantitative estimate of drug-likeness (QED) is 0.849. The molecule has 4 nitrogen and oxygen atoms in total. The van der Waals surface area contributed by atoms with Crippen molar-refractivity contribution in [3.8, 4) is 5.75 Å². The molecule has 0 saturated heterocycles. The largest absolute Gasteiger partial charge is 0.494 e. The highest BCUT2D eigenvalue weighted by molar-refractivity contribution is 5.43. The van der Waals surface area contributed by atoms with Crippen LogP contribution in [0.1, 0.15) is 30.2 Å². The van der Waals surface area contributed by atoms with Crippen LogP contribution in [0.4, 0.5) is 19.1 Å². The van der Waals surface area contributed by atoms with E-state index < -0.39 is 11.9 Å². The van der Waals surface area contributed by atoms with Crippen molar-refractivity contribution in [2.45, 2.75) is 32.5 Å². The van der Waals surface area contributed by atoms with Crippen LogP contribution in [0, 0.1) is 0 Å². The number of halogens is 3. The Morgan fingerprint density at radius 1 is 1.21 bits per heavy atom. The van der Waals surface area contributed by atoms with Crippen LogP contribution in [0.3, 0.4) is 0 Å². The summed E-state index contributed by atoms with van der Waals surface area (Å²) in [4.78, 5) is 9.43. The molecule has 2 heterocycles. The first-order chi connectivity index (χ1) is 11.5. The highest BCUT2D eigenvalue weighted by atomic mass is 19.4. The zero-order chi connectivity index (χ0) is 17.2. The first-order valence-corrected chi connectivity index (χ1v) is 7.87. The fourth-order valence-electron chi connectivity index (χ4n) is 2.67. The number of benzene rings is 1. The number of fused-ring (bicyclic) bond motifs is 1. The predicted molar refractivity (Wildman–Crippen MR) is 84.0 cm³/mol. The highest BCUT2D eigenvalue weighted by Gasteiger charge is 2.33. The first-order valence-electron chi connectivity index (χ1n) is 7.87. The molecule has 0 N–H and O–H groups in total. The minimum atomic E-state index is -4.46. The van der Waals surface area contributed by atoms with E-state index in [0.717, 1.165) is 42.0 Å². The summed E-state index contributed by atoms with van der Waals surface area (Å²) in [6.07, 6.45) is -1.64. The third-order valence-corrected chi connectivity index (χ3v) is 3.88. The van der Waals surface area contributed by atoms with Crippen LogP contribution in [0.2, 0.25) is 0 Å². The van der Waals surface area contributed by atoms with Gasteiger partial charge in [0.2, 0.25) is 5.95 Å². The number of hydrogen-bond acceptors (Lipinski definition) is 4. The Bertz CT molecular complexity index is 718. The molecule has 2 aromatic rings. The number of alkyl halides is 3. The fourth-order valence-corrected chi connectivity index (χ4v) is 2.67. The van der Waals surface area contributed by atoms with Crippen LogP contribution in [-0.2, 0) is 19.1 Å². The molecule has 0 unspecified atom stereocenters. The Hall–Kier alpha value is -2.31. The third kappa shape index (κ3) is 3.60. The van der Waals surface area contributed by atoms with Gasteiger partial charge in [-0.3, -0.25) is 0 Å².